The molecule has 2 atom stereocenters. The molecule has 4 heteroatoms. The van der Waals surface area contributed by atoms with E-state index < -0.39 is 5.54 Å². The van der Waals surface area contributed by atoms with Gasteiger partial charge >= 0.3 is 5.97 Å². The molecule has 136 valence electrons. The molecule has 27 heavy (non-hydrogen) atoms. The summed E-state index contributed by atoms with van der Waals surface area (Å²) in [5.41, 5.74) is 9.54. The fraction of sp³-hybridized carbons (Fsp3) is 0.174. The first-order valence-corrected chi connectivity index (χ1v) is 9.30. The number of carbonyl (C=O) groups is 1. The van der Waals surface area contributed by atoms with Gasteiger partial charge in [-0.1, -0.05) is 78.3 Å². The van der Waals surface area contributed by atoms with Gasteiger partial charge in [0.15, 0.2) is 0 Å². The maximum atomic E-state index is 12.4. The summed E-state index contributed by atoms with van der Waals surface area (Å²) >= 11 is 6.06. The molecular weight excluding hydrogens is 358 g/mol. The second-order valence-corrected chi connectivity index (χ2v) is 7.43. The van der Waals surface area contributed by atoms with Crippen LogP contribution in [-0.4, -0.2) is 11.5 Å². The number of ether oxygens (including phenoxy) is 1. The number of hydrogen-bond acceptors (Lipinski definition) is 3. The standard InChI is InChI=1S/C23H20ClNO2/c24-20-8-4-7-19(13-20)17-9-11-18(12-10-17)21-14-23(21,25)22(26)27-15-16-5-2-1-3-6-16/h1-13,21H,14-15,25H2/t21-,23?/m0/s1. The third-order valence-electron chi connectivity index (χ3n) is 5.07. The van der Waals surface area contributed by atoms with Crippen molar-refractivity contribution in [1.29, 1.82) is 0 Å². The molecule has 3 nitrogen and oxygen atoms in total. The van der Waals surface area contributed by atoms with E-state index in [9.17, 15) is 4.79 Å². The summed E-state index contributed by atoms with van der Waals surface area (Å²) in [5.74, 6) is -0.343. The molecule has 3 aromatic carbocycles. The maximum absolute atomic E-state index is 12.4. The van der Waals surface area contributed by atoms with Crippen LogP contribution < -0.4 is 5.73 Å². The first-order valence-electron chi connectivity index (χ1n) is 8.92. The molecule has 0 aliphatic heterocycles. The highest BCUT2D eigenvalue weighted by Gasteiger charge is 2.59. The molecule has 1 aliphatic rings. The molecule has 1 aliphatic carbocycles. The number of nitrogens with two attached hydrogens (primary N) is 1. The predicted octanol–water partition coefficient (Wildman–Crippen LogP) is 4.94. The molecule has 1 unspecified atom stereocenters. The lowest BCUT2D eigenvalue weighted by Crippen LogP contribution is -2.36. The molecule has 0 amide bonds. The van der Waals surface area contributed by atoms with Gasteiger partial charge in [0.1, 0.15) is 12.1 Å². The largest absolute Gasteiger partial charge is 0.459 e. The molecule has 2 N–H and O–H groups in total. The summed E-state index contributed by atoms with van der Waals surface area (Å²) in [7, 11) is 0. The Hall–Kier alpha value is -2.62. The Morgan fingerprint density at radius 2 is 1.74 bits per heavy atom. The van der Waals surface area contributed by atoms with Crippen molar-refractivity contribution >= 4 is 17.6 Å². The minimum Gasteiger partial charge on any atom is -0.459 e. The Kier molecular flexibility index (Phi) is 4.73. The van der Waals surface area contributed by atoms with Gasteiger partial charge < -0.3 is 10.5 Å². The number of rotatable bonds is 5. The van der Waals surface area contributed by atoms with E-state index in [-0.39, 0.29) is 18.5 Å². The Morgan fingerprint density at radius 3 is 2.44 bits per heavy atom. The molecule has 1 saturated carbocycles. The Morgan fingerprint density at radius 1 is 1.00 bits per heavy atom. The lowest BCUT2D eigenvalue weighted by molar-refractivity contribution is -0.147. The first kappa shape index (κ1) is 17.8. The van der Waals surface area contributed by atoms with Gasteiger partial charge in [0.2, 0.25) is 0 Å². The number of benzene rings is 3. The SMILES string of the molecule is NC1(C(=O)OCc2ccccc2)C[C@H]1c1ccc(-c2cccc(Cl)c2)cc1. The molecule has 0 aromatic heterocycles. The van der Waals surface area contributed by atoms with E-state index in [1.165, 1.54) is 0 Å². The summed E-state index contributed by atoms with van der Waals surface area (Å²) in [5, 5.41) is 0.709. The van der Waals surface area contributed by atoms with Gasteiger partial charge in [0.05, 0.1) is 0 Å². The lowest BCUT2D eigenvalue weighted by Gasteiger charge is -2.12. The quantitative estimate of drug-likeness (QED) is 0.641. The van der Waals surface area contributed by atoms with Crippen molar-refractivity contribution in [2.45, 2.75) is 24.5 Å². The third kappa shape index (κ3) is 3.75. The number of esters is 1. The van der Waals surface area contributed by atoms with Gasteiger partial charge in [0.25, 0.3) is 0 Å². The smallest absolute Gasteiger partial charge is 0.327 e. The lowest BCUT2D eigenvalue weighted by atomic mass is 10.0. The van der Waals surface area contributed by atoms with Crippen molar-refractivity contribution in [2.75, 3.05) is 0 Å². The van der Waals surface area contributed by atoms with Crippen LogP contribution in [0.15, 0.2) is 78.9 Å². The maximum Gasteiger partial charge on any atom is 0.327 e. The second-order valence-electron chi connectivity index (χ2n) is 6.99. The normalized spacial score (nSPS) is 20.9. The predicted molar refractivity (Wildman–Crippen MR) is 107 cm³/mol. The zero-order chi connectivity index (χ0) is 18.9. The van der Waals surface area contributed by atoms with Crippen LogP contribution >= 0.6 is 11.6 Å². The fourth-order valence-corrected chi connectivity index (χ4v) is 3.54. The molecule has 4 rings (SSSR count). The highest BCUT2D eigenvalue weighted by molar-refractivity contribution is 6.30. The average molecular weight is 378 g/mol. The van der Waals surface area contributed by atoms with Gasteiger partial charge in [-0.15, -0.1) is 0 Å². The topological polar surface area (TPSA) is 52.3 Å². The Bertz CT molecular complexity index is 956. The van der Waals surface area contributed by atoms with Crippen LogP contribution in [0.5, 0.6) is 0 Å². The monoisotopic (exact) mass is 377 g/mol. The molecular formula is C23H20ClNO2. The van der Waals surface area contributed by atoms with Gasteiger partial charge in [-0.05, 0) is 40.8 Å². The number of halogens is 1. The van der Waals surface area contributed by atoms with Crippen LogP contribution in [-0.2, 0) is 16.1 Å². The summed E-state index contributed by atoms with van der Waals surface area (Å²) in [4.78, 5) is 12.4. The fourth-order valence-electron chi connectivity index (χ4n) is 3.35. The van der Waals surface area contributed by atoms with Crippen LogP contribution in [0.25, 0.3) is 11.1 Å². The minimum absolute atomic E-state index is 0.00538. The van der Waals surface area contributed by atoms with Crippen molar-refractivity contribution in [3.05, 3.63) is 95.0 Å². The number of hydrogen-bond donors (Lipinski definition) is 1. The zero-order valence-electron chi connectivity index (χ0n) is 14.8. The summed E-state index contributed by atoms with van der Waals surface area (Å²) in [6, 6.07) is 25.5. The van der Waals surface area contributed by atoms with Crippen LogP contribution in [0.4, 0.5) is 0 Å². The van der Waals surface area contributed by atoms with Crippen LogP contribution in [0.1, 0.15) is 23.5 Å². The van der Waals surface area contributed by atoms with Gasteiger partial charge in [0, 0.05) is 10.9 Å². The molecule has 1 fully saturated rings. The van der Waals surface area contributed by atoms with E-state index in [1.807, 2.05) is 78.9 Å². The van der Waals surface area contributed by atoms with Gasteiger partial charge in [-0.25, -0.2) is 0 Å². The molecule has 0 saturated heterocycles. The second kappa shape index (κ2) is 7.18. The summed E-state index contributed by atoms with van der Waals surface area (Å²) in [6.45, 7) is 0.249. The Labute approximate surface area is 163 Å². The van der Waals surface area contributed by atoms with Crippen molar-refractivity contribution in [3.8, 4) is 11.1 Å². The highest BCUT2D eigenvalue weighted by atomic mass is 35.5. The molecule has 0 bridgehead atoms. The number of carbonyl (C=O) groups excluding carboxylic acids is 1. The average Bonchev–Trinajstić information content (AvgIpc) is 3.40. The molecule has 0 heterocycles. The molecule has 0 spiro atoms. The van der Waals surface area contributed by atoms with Crippen molar-refractivity contribution in [3.63, 3.8) is 0 Å². The van der Waals surface area contributed by atoms with Gasteiger partial charge in [-0.3, -0.25) is 4.79 Å². The van der Waals surface area contributed by atoms with E-state index in [0.717, 1.165) is 22.3 Å². The van der Waals surface area contributed by atoms with Crippen LogP contribution in [0.2, 0.25) is 5.02 Å². The van der Waals surface area contributed by atoms with Gasteiger partial charge in [-0.2, -0.15) is 0 Å². The van der Waals surface area contributed by atoms with Crippen molar-refractivity contribution in [1.82, 2.24) is 0 Å². The van der Waals surface area contributed by atoms with E-state index in [1.54, 1.807) is 0 Å². The zero-order valence-corrected chi connectivity index (χ0v) is 15.5. The Balaban J connectivity index is 1.42. The van der Waals surface area contributed by atoms with Crippen LogP contribution in [0.3, 0.4) is 0 Å². The van der Waals surface area contributed by atoms with E-state index in [4.69, 9.17) is 22.1 Å². The first-order chi connectivity index (χ1) is 13.1. The highest BCUT2D eigenvalue weighted by Crippen LogP contribution is 2.50. The van der Waals surface area contributed by atoms with Crippen molar-refractivity contribution < 1.29 is 9.53 Å². The molecule has 0 radical (unpaired) electrons. The summed E-state index contributed by atoms with van der Waals surface area (Å²) < 4.78 is 5.43. The van der Waals surface area contributed by atoms with E-state index in [2.05, 4.69) is 0 Å². The van der Waals surface area contributed by atoms with E-state index >= 15 is 0 Å². The minimum atomic E-state index is -0.924. The van der Waals surface area contributed by atoms with Crippen LogP contribution in [0, 0.1) is 0 Å². The van der Waals surface area contributed by atoms with E-state index in [0.29, 0.717) is 11.4 Å². The molecule has 3 aromatic rings. The third-order valence-corrected chi connectivity index (χ3v) is 5.30. The van der Waals surface area contributed by atoms with Crippen molar-refractivity contribution in [2.24, 2.45) is 5.73 Å². The summed E-state index contributed by atoms with van der Waals surface area (Å²) in [6.07, 6.45) is 0.608.